The van der Waals surface area contributed by atoms with Gasteiger partial charge in [0.2, 0.25) is 0 Å². The van der Waals surface area contributed by atoms with E-state index in [0.717, 1.165) is 32.1 Å². The van der Waals surface area contributed by atoms with Gasteiger partial charge in [-0.2, -0.15) is 5.10 Å². The van der Waals surface area contributed by atoms with Crippen LogP contribution in [-0.2, 0) is 11.8 Å². The molecule has 1 aliphatic heterocycles. The molecule has 1 fully saturated rings. The van der Waals surface area contributed by atoms with Gasteiger partial charge in [0.25, 0.3) is 5.91 Å². The van der Waals surface area contributed by atoms with E-state index in [4.69, 9.17) is 4.74 Å². The molecule has 1 aliphatic rings. The van der Waals surface area contributed by atoms with E-state index in [1.807, 2.05) is 36.1 Å². The van der Waals surface area contributed by atoms with E-state index in [9.17, 15) is 4.79 Å². The van der Waals surface area contributed by atoms with Crippen LogP contribution in [0.5, 0.6) is 0 Å². The van der Waals surface area contributed by atoms with Gasteiger partial charge in [0.15, 0.2) is 0 Å². The number of aromatic nitrogens is 3. The minimum atomic E-state index is -0.116. The number of morpholine rings is 1. The normalized spacial score (nSPS) is 16.3. The number of nitrogens with zero attached hydrogens (tertiary/aromatic N) is 4. The number of nitrogens with one attached hydrogen (secondary N) is 1. The van der Waals surface area contributed by atoms with Gasteiger partial charge in [-0.3, -0.25) is 14.4 Å². The first-order valence-electron chi connectivity index (χ1n) is 8.25. The SMILES string of the molecule is Cn1ncc(C(=O)NCC(C)(C)N2CCOCC2)c1-n1cccc1. The molecule has 1 amide bonds. The van der Waals surface area contributed by atoms with Crippen molar-refractivity contribution in [2.45, 2.75) is 19.4 Å². The second kappa shape index (κ2) is 6.78. The van der Waals surface area contributed by atoms with Gasteiger partial charge < -0.3 is 14.6 Å². The van der Waals surface area contributed by atoms with Crippen molar-refractivity contribution >= 4 is 5.91 Å². The summed E-state index contributed by atoms with van der Waals surface area (Å²) in [4.78, 5) is 15.0. The second-order valence-corrected chi connectivity index (χ2v) is 6.69. The van der Waals surface area contributed by atoms with E-state index >= 15 is 0 Å². The molecule has 1 saturated heterocycles. The van der Waals surface area contributed by atoms with Gasteiger partial charge in [-0.25, -0.2) is 0 Å². The van der Waals surface area contributed by atoms with Gasteiger partial charge in [-0.1, -0.05) is 0 Å². The lowest BCUT2D eigenvalue weighted by Crippen LogP contribution is -2.55. The van der Waals surface area contributed by atoms with E-state index in [1.54, 1.807) is 10.9 Å². The smallest absolute Gasteiger partial charge is 0.256 e. The topological polar surface area (TPSA) is 64.3 Å². The molecule has 0 aromatic carbocycles. The first-order valence-corrected chi connectivity index (χ1v) is 8.25. The van der Waals surface area contributed by atoms with Gasteiger partial charge in [0.1, 0.15) is 11.4 Å². The fourth-order valence-corrected chi connectivity index (χ4v) is 3.05. The highest BCUT2D eigenvalue weighted by Crippen LogP contribution is 2.17. The van der Waals surface area contributed by atoms with Crippen molar-refractivity contribution in [1.82, 2.24) is 24.6 Å². The van der Waals surface area contributed by atoms with Crippen LogP contribution in [0.15, 0.2) is 30.7 Å². The standard InChI is InChI=1S/C17H25N5O2/c1-17(2,22-8-10-24-11-9-22)13-18-15(23)14-12-19-20(3)16(14)21-6-4-5-7-21/h4-7,12H,8-11,13H2,1-3H3,(H,18,23). The molecule has 0 spiro atoms. The quantitative estimate of drug-likeness (QED) is 0.889. The summed E-state index contributed by atoms with van der Waals surface area (Å²) in [6.45, 7) is 8.15. The lowest BCUT2D eigenvalue weighted by Gasteiger charge is -2.40. The second-order valence-electron chi connectivity index (χ2n) is 6.69. The number of rotatable bonds is 5. The van der Waals surface area contributed by atoms with Gasteiger partial charge in [0, 0.05) is 44.6 Å². The van der Waals surface area contributed by atoms with Crippen LogP contribution in [-0.4, -0.2) is 63.5 Å². The Labute approximate surface area is 142 Å². The first kappa shape index (κ1) is 16.7. The third-order valence-corrected chi connectivity index (χ3v) is 4.55. The van der Waals surface area contributed by atoms with Crippen LogP contribution in [0.3, 0.4) is 0 Å². The van der Waals surface area contributed by atoms with E-state index in [2.05, 4.69) is 29.2 Å². The molecule has 0 aliphatic carbocycles. The van der Waals surface area contributed by atoms with Crippen molar-refractivity contribution in [3.63, 3.8) is 0 Å². The molecule has 0 bridgehead atoms. The van der Waals surface area contributed by atoms with Crippen LogP contribution in [0.1, 0.15) is 24.2 Å². The Kier molecular flexibility index (Phi) is 4.73. The molecule has 3 rings (SSSR count). The highest BCUT2D eigenvalue weighted by Gasteiger charge is 2.29. The lowest BCUT2D eigenvalue weighted by molar-refractivity contribution is -0.00923. The van der Waals surface area contributed by atoms with Crippen LogP contribution >= 0.6 is 0 Å². The maximum atomic E-state index is 12.7. The molecule has 2 aromatic rings. The van der Waals surface area contributed by atoms with Crippen LogP contribution < -0.4 is 5.32 Å². The van der Waals surface area contributed by atoms with Crippen molar-refractivity contribution in [3.8, 4) is 5.82 Å². The Balaban J connectivity index is 1.70. The summed E-state index contributed by atoms with van der Waals surface area (Å²) in [6, 6.07) is 3.85. The summed E-state index contributed by atoms with van der Waals surface area (Å²) in [5.74, 6) is 0.662. The summed E-state index contributed by atoms with van der Waals surface area (Å²) in [6.07, 6.45) is 5.43. The molecular weight excluding hydrogens is 306 g/mol. The van der Waals surface area contributed by atoms with E-state index < -0.39 is 0 Å². The highest BCUT2D eigenvalue weighted by atomic mass is 16.5. The number of hydrogen-bond acceptors (Lipinski definition) is 4. The minimum absolute atomic E-state index is 0.104. The Hall–Kier alpha value is -2.12. The highest BCUT2D eigenvalue weighted by molar-refractivity contribution is 5.97. The fraction of sp³-hybridized carbons (Fsp3) is 0.529. The lowest BCUT2D eigenvalue weighted by atomic mass is 10.0. The molecule has 1 N–H and O–H groups in total. The summed E-state index contributed by atoms with van der Waals surface area (Å²) >= 11 is 0. The number of hydrogen-bond donors (Lipinski definition) is 1. The van der Waals surface area contributed by atoms with Crippen molar-refractivity contribution in [3.05, 3.63) is 36.3 Å². The van der Waals surface area contributed by atoms with Crippen LogP contribution in [0.25, 0.3) is 5.82 Å². The van der Waals surface area contributed by atoms with Gasteiger partial charge in [-0.05, 0) is 26.0 Å². The van der Waals surface area contributed by atoms with E-state index in [-0.39, 0.29) is 11.4 Å². The van der Waals surface area contributed by atoms with Crippen molar-refractivity contribution in [2.24, 2.45) is 7.05 Å². The van der Waals surface area contributed by atoms with E-state index in [0.29, 0.717) is 12.1 Å². The number of carbonyl (C=O) groups is 1. The largest absolute Gasteiger partial charge is 0.379 e. The zero-order chi connectivity index (χ0) is 17.2. The number of amides is 1. The van der Waals surface area contributed by atoms with Crippen molar-refractivity contribution < 1.29 is 9.53 Å². The van der Waals surface area contributed by atoms with Crippen molar-refractivity contribution in [1.29, 1.82) is 0 Å². The Morgan fingerprint density at radius 3 is 2.62 bits per heavy atom. The maximum absolute atomic E-state index is 12.7. The number of ether oxygens (including phenoxy) is 1. The van der Waals surface area contributed by atoms with Gasteiger partial charge in [-0.15, -0.1) is 0 Å². The molecule has 0 atom stereocenters. The molecule has 0 unspecified atom stereocenters. The molecule has 130 valence electrons. The first-order chi connectivity index (χ1) is 11.5. The molecule has 2 aromatic heterocycles. The Morgan fingerprint density at radius 2 is 1.96 bits per heavy atom. The predicted octanol–water partition coefficient (Wildman–Crippen LogP) is 1.05. The van der Waals surface area contributed by atoms with Crippen LogP contribution in [0.4, 0.5) is 0 Å². The number of carbonyl (C=O) groups excluding carboxylic acids is 1. The zero-order valence-electron chi connectivity index (χ0n) is 14.5. The average molecular weight is 331 g/mol. The third-order valence-electron chi connectivity index (χ3n) is 4.55. The minimum Gasteiger partial charge on any atom is -0.379 e. The average Bonchev–Trinajstić information content (AvgIpc) is 3.22. The summed E-state index contributed by atoms with van der Waals surface area (Å²) in [5, 5.41) is 7.30. The fourth-order valence-electron chi connectivity index (χ4n) is 3.05. The molecule has 7 nitrogen and oxygen atoms in total. The van der Waals surface area contributed by atoms with Crippen LogP contribution in [0, 0.1) is 0 Å². The van der Waals surface area contributed by atoms with E-state index in [1.165, 1.54) is 0 Å². The summed E-state index contributed by atoms with van der Waals surface area (Å²) in [7, 11) is 1.84. The third kappa shape index (κ3) is 3.37. The summed E-state index contributed by atoms with van der Waals surface area (Å²) in [5.41, 5.74) is 0.460. The molecule has 24 heavy (non-hydrogen) atoms. The molecule has 0 saturated carbocycles. The predicted molar refractivity (Wildman–Crippen MR) is 91.3 cm³/mol. The summed E-state index contributed by atoms with van der Waals surface area (Å²) < 4.78 is 9.02. The van der Waals surface area contributed by atoms with Gasteiger partial charge in [0.05, 0.1) is 19.4 Å². The monoisotopic (exact) mass is 331 g/mol. The molecule has 7 heteroatoms. The Bertz CT molecular complexity index is 684. The Morgan fingerprint density at radius 1 is 1.29 bits per heavy atom. The molecule has 3 heterocycles. The molecule has 0 radical (unpaired) electrons. The van der Waals surface area contributed by atoms with Gasteiger partial charge >= 0.3 is 0 Å². The zero-order valence-corrected chi connectivity index (χ0v) is 14.5. The van der Waals surface area contributed by atoms with Crippen molar-refractivity contribution in [2.75, 3.05) is 32.8 Å². The van der Waals surface area contributed by atoms with Crippen LogP contribution in [0.2, 0.25) is 0 Å². The molecular formula is C17H25N5O2. The maximum Gasteiger partial charge on any atom is 0.256 e. The number of aryl methyl sites for hydroxylation is 1.